The largest absolute Gasteiger partial charge is 0.373 e. The minimum absolute atomic E-state index is 0. The Morgan fingerprint density at radius 3 is 2.48 bits per heavy atom. The number of nitrogens with one attached hydrogen (secondary N) is 2. The van der Waals surface area contributed by atoms with Gasteiger partial charge in [-0.3, -0.25) is 9.89 Å². The van der Waals surface area contributed by atoms with Crippen molar-refractivity contribution in [2.45, 2.75) is 57.3 Å². The first-order valence-corrected chi connectivity index (χ1v) is 12.1. The predicted molar refractivity (Wildman–Crippen MR) is 147 cm³/mol. The van der Waals surface area contributed by atoms with Gasteiger partial charge in [0.25, 0.3) is 0 Å². The van der Waals surface area contributed by atoms with Crippen molar-refractivity contribution in [2.75, 3.05) is 26.7 Å². The first-order chi connectivity index (χ1) is 15.7. The summed E-state index contributed by atoms with van der Waals surface area (Å²) in [5.41, 5.74) is 2.67. The molecule has 0 amide bonds. The average molecular weight is 563 g/mol. The lowest BCUT2D eigenvalue weighted by molar-refractivity contribution is -0.0265. The molecule has 2 heterocycles. The second-order valence-corrected chi connectivity index (χ2v) is 9.23. The molecule has 0 spiro atoms. The van der Waals surface area contributed by atoms with Gasteiger partial charge in [-0.1, -0.05) is 60.7 Å². The monoisotopic (exact) mass is 562 g/mol. The zero-order valence-corrected chi connectivity index (χ0v) is 22.3. The molecule has 2 aliphatic rings. The summed E-state index contributed by atoms with van der Waals surface area (Å²) in [4.78, 5) is 7.11. The molecule has 0 radical (unpaired) electrons. The number of nitrogens with zero attached hydrogens (tertiary/aromatic N) is 2. The summed E-state index contributed by atoms with van der Waals surface area (Å²) in [6.45, 7) is 6.21. The topological polar surface area (TPSA) is 48.9 Å². The third kappa shape index (κ3) is 7.42. The van der Waals surface area contributed by atoms with Crippen LogP contribution in [0, 0.1) is 5.92 Å². The van der Waals surface area contributed by atoms with E-state index in [0.717, 1.165) is 51.5 Å². The van der Waals surface area contributed by atoms with Crippen LogP contribution in [-0.4, -0.2) is 49.7 Å². The molecule has 6 heteroatoms. The molecule has 180 valence electrons. The van der Waals surface area contributed by atoms with Gasteiger partial charge in [0, 0.05) is 51.3 Å². The second kappa shape index (κ2) is 13.3. The maximum Gasteiger partial charge on any atom is 0.191 e. The number of rotatable bonds is 6. The molecule has 2 fully saturated rings. The van der Waals surface area contributed by atoms with E-state index in [0.29, 0.717) is 18.0 Å². The molecule has 0 aromatic heterocycles. The zero-order chi connectivity index (χ0) is 22.2. The van der Waals surface area contributed by atoms with Crippen molar-refractivity contribution < 1.29 is 4.74 Å². The van der Waals surface area contributed by atoms with Gasteiger partial charge in [0.05, 0.1) is 6.10 Å². The highest BCUT2D eigenvalue weighted by atomic mass is 127. The molecular weight excluding hydrogens is 523 g/mol. The summed E-state index contributed by atoms with van der Waals surface area (Å²) in [5.74, 6) is 1.37. The second-order valence-electron chi connectivity index (χ2n) is 9.23. The standard InChI is InChI=1S/C27H38N4O.HI/c1-21-18-25(15-16-31(21)20-22-10-5-3-6-11-22)30-27(28-2)29-19-24-14-9-17-32-26(24)23-12-7-4-8-13-23;/h3-8,10-13,21,24-26H,9,14-20H2,1-2H3,(H2,28,29,30);1H. The van der Waals surface area contributed by atoms with Crippen LogP contribution < -0.4 is 10.6 Å². The van der Waals surface area contributed by atoms with Gasteiger partial charge < -0.3 is 15.4 Å². The minimum atomic E-state index is 0. The van der Waals surface area contributed by atoms with Crippen molar-refractivity contribution in [3.63, 3.8) is 0 Å². The van der Waals surface area contributed by atoms with Crippen molar-refractivity contribution in [1.82, 2.24) is 15.5 Å². The Morgan fingerprint density at radius 2 is 1.79 bits per heavy atom. The fraction of sp³-hybridized carbons (Fsp3) is 0.519. The number of hydrogen-bond donors (Lipinski definition) is 2. The number of halogens is 1. The molecule has 0 aliphatic carbocycles. The first kappa shape index (κ1) is 26.0. The van der Waals surface area contributed by atoms with Crippen LogP contribution in [0.15, 0.2) is 65.7 Å². The van der Waals surface area contributed by atoms with Crippen LogP contribution in [0.1, 0.15) is 49.8 Å². The molecule has 0 bridgehead atoms. The van der Waals surface area contributed by atoms with E-state index in [9.17, 15) is 0 Å². The number of ether oxygens (including phenoxy) is 1. The number of likely N-dealkylation sites (tertiary alicyclic amines) is 1. The predicted octanol–water partition coefficient (Wildman–Crippen LogP) is 4.99. The Kier molecular flexibility index (Phi) is 10.5. The molecule has 4 unspecified atom stereocenters. The Hall–Kier alpha value is -1.64. The fourth-order valence-electron chi connectivity index (χ4n) is 5.08. The third-order valence-corrected chi connectivity index (χ3v) is 6.91. The van der Waals surface area contributed by atoms with Gasteiger partial charge in [-0.05, 0) is 43.7 Å². The number of aliphatic imine (C=N–C) groups is 1. The molecule has 4 atom stereocenters. The number of hydrogen-bond acceptors (Lipinski definition) is 3. The molecular formula is C27H39IN4O. The van der Waals surface area contributed by atoms with Crippen molar-refractivity contribution in [2.24, 2.45) is 10.9 Å². The molecule has 2 saturated heterocycles. The lowest BCUT2D eigenvalue weighted by Gasteiger charge is -2.38. The van der Waals surface area contributed by atoms with E-state index >= 15 is 0 Å². The van der Waals surface area contributed by atoms with Crippen molar-refractivity contribution in [3.05, 3.63) is 71.8 Å². The van der Waals surface area contributed by atoms with E-state index in [2.05, 4.69) is 88.1 Å². The van der Waals surface area contributed by atoms with Crippen molar-refractivity contribution in [3.8, 4) is 0 Å². The lowest BCUT2D eigenvalue weighted by Crippen LogP contribution is -2.52. The lowest BCUT2D eigenvalue weighted by atomic mass is 9.89. The van der Waals surface area contributed by atoms with E-state index < -0.39 is 0 Å². The van der Waals surface area contributed by atoms with E-state index in [1.165, 1.54) is 17.5 Å². The quantitative estimate of drug-likeness (QED) is 0.296. The SMILES string of the molecule is CN=C(NCC1CCCOC1c1ccccc1)NC1CCN(Cc2ccccc2)C(C)C1.I. The summed E-state index contributed by atoms with van der Waals surface area (Å²) < 4.78 is 6.16. The highest BCUT2D eigenvalue weighted by Gasteiger charge is 2.29. The highest BCUT2D eigenvalue weighted by molar-refractivity contribution is 14.0. The number of guanidine groups is 1. The van der Waals surface area contributed by atoms with Crippen LogP contribution in [0.2, 0.25) is 0 Å². The Bertz CT molecular complexity index is 848. The van der Waals surface area contributed by atoms with Crippen molar-refractivity contribution >= 4 is 29.9 Å². The molecule has 2 aliphatic heterocycles. The van der Waals surface area contributed by atoms with Gasteiger partial charge in [-0.25, -0.2) is 0 Å². The van der Waals surface area contributed by atoms with E-state index in [1.807, 2.05) is 7.05 Å². The van der Waals surface area contributed by atoms with Gasteiger partial charge >= 0.3 is 0 Å². The average Bonchev–Trinajstić information content (AvgIpc) is 2.85. The van der Waals surface area contributed by atoms with Gasteiger partial charge in [-0.2, -0.15) is 0 Å². The Morgan fingerprint density at radius 1 is 1.06 bits per heavy atom. The summed E-state index contributed by atoms with van der Waals surface area (Å²) in [5, 5.41) is 7.28. The summed E-state index contributed by atoms with van der Waals surface area (Å²) >= 11 is 0. The van der Waals surface area contributed by atoms with Gasteiger partial charge in [0.1, 0.15) is 0 Å². The molecule has 0 saturated carbocycles. The normalized spacial score (nSPS) is 26.3. The van der Waals surface area contributed by atoms with Crippen LogP contribution in [0.4, 0.5) is 0 Å². The van der Waals surface area contributed by atoms with Crippen LogP contribution in [0.3, 0.4) is 0 Å². The fourth-order valence-corrected chi connectivity index (χ4v) is 5.08. The van der Waals surface area contributed by atoms with E-state index in [-0.39, 0.29) is 30.1 Å². The Balaban J connectivity index is 0.00000306. The van der Waals surface area contributed by atoms with Gasteiger partial charge in [0.2, 0.25) is 0 Å². The smallest absolute Gasteiger partial charge is 0.191 e. The van der Waals surface area contributed by atoms with E-state index in [4.69, 9.17) is 4.74 Å². The summed E-state index contributed by atoms with van der Waals surface area (Å²) in [6.07, 6.45) is 4.73. The first-order valence-electron chi connectivity index (χ1n) is 12.1. The number of piperidine rings is 1. The molecule has 4 rings (SSSR count). The van der Waals surface area contributed by atoms with Crippen molar-refractivity contribution in [1.29, 1.82) is 0 Å². The minimum Gasteiger partial charge on any atom is -0.373 e. The maximum absolute atomic E-state index is 6.16. The molecule has 2 aromatic carbocycles. The number of benzene rings is 2. The molecule has 33 heavy (non-hydrogen) atoms. The van der Waals surface area contributed by atoms with Crippen LogP contribution in [0.25, 0.3) is 0 Å². The van der Waals surface area contributed by atoms with Crippen LogP contribution >= 0.6 is 24.0 Å². The van der Waals surface area contributed by atoms with Crippen LogP contribution in [0.5, 0.6) is 0 Å². The molecule has 2 aromatic rings. The zero-order valence-electron chi connectivity index (χ0n) is 20.0. The highest BCUT2D eigenvalue weighted by Crippen LogP contribution is 2.33. The molecule has 2 N–H and O–H groups in total. The Labute approximate surface area is 216 Å². The van der Waals surface area contributed by atoms with Gasteiger partial charge in [-0.15, -0.1) is 24.0 Å². The summed E-state index contributed by atoms with van der Waals surface area (Å²) in [6, 6.07) is 22.4. The van der Waals surface area contributed by atoms with Crippen LogP contribution in [-0.2, 0) is 11.3 Å². The maximum atomic E-state index is 6.16. The van der Waals surface area contributed by atoms with E-state index in [1.54, 1.807) is 0 Å². The van der Waals surface area contributed by atoms with Gasteiger partial charge in [0.15, 0.2) is 5.96 Å². The molecule has 5 nitrogen and oxygen atoms in total. The third-order valence-electron chi connectivity index (χ3n) is 6.91. The summed E-state index contributed by atoms with van der Waals surface area (Å²) in [7, 11) is 1.87.